The Balaban J connectivity index is 1.21. The predicted octanol–water partition coefficient (Wildman–Crippen LogP) is 5.34. The van der Waals surface area contributed by atoms with Crippen LogP contribution in [0.15, 0.2) is 146 Å². The van der Waals surface area contributed by atoms with Gasteiger partial charge in [-0.3, -0.25) is 10.1 Å². The first-order valence-corrected chi connectivity index (χ1v) is 20.9. The number of nitrogens with one attached hydrogen (secondary N) is 1. The van der Waals surface area contributed by atoms with Gasteiger partial charge in [0.05, 0.1) is 44.6 Å². The summed E-state index contributed by atoms with van der Waals surface area (Å²) in [6, 6.07) is 42.2. The average Bonchev–Trinajstić information content (AvgIpc) is 3.33. The summed E-state index contributed by atoms with van der Waals surface area (Å²) in [5.74, 6) is 0. The van der Waals surface area contributed by atoms with Gasteiger partial charge in [-0.25, -0.2) is 4.79 Å². The quantitative estimate of drug-likeness (QED) is 0.0575. The molecule has 2 fully saturated rings. The van der Waals surface area contributed by atoms with E-state index in [1.165, 1.54) is 24.3 Å². The first-order valence-electron chi connectivity index (χ1n) is 20.9. The summed E-state index contributed by atoms with van der Waals surface area (Å²) < 4.78 is 51.4. The highest BCUT2D eigenvalue weighted by atomic mass is 16.7. The SMILES string of the molecule is O=C(N[C@H]1[C@H](O[C@H]2[C@H](OCc3ccccc3)[C@@H](OCc3ccccc3)[C@H](OCc3ccccc3)O[C@@H]2COCc2ccccc2)O[C@H](CO)[C@@H](O)[C@@H]1O)OCc1ccc([N+](=O)[O-])cc1. The highest BCUT2D eigenvalue weighted by Gasteiger charge is 2.53. The van der Waals surface area contributed by atoms with Crippen LogP contribution in [0.5, 0.6) is 0 Å². The first-order chi connectivity index (χ1) is 31.2. The lowest BCUT2D eigenvalue weighted by Gasteiger charge is -2.49. The van der Waals surface area contributed by atoms with Crippen LogP contribution in [0, 0.1) is 10.1 Å². The van der Waals surface area contributed by atoms with E-state index >= 15 is 0 Å². The molecule has 16 heteroatoms. The van der Waals surface area contributed by atoms with Gasteiger partial charge in [-0.1, -0.05) is 121 Å². The Labute approximate surface area is 370 Å². The molecule has 0 saturated carbocycles. The van der Waals surface area contributed by atoms with Crippen molar-refractivity contribution >= 4 is 11.8 Å². The third-order valence-corrected chi connectivity index (χ3v) is 10.8. The number of benzene rings is 5. The lowest BCUT2D eigenvalue weighted by Crippen LogP contribution is -2.68. The zero-order valence-electron chi connectivity index (χ0n) is 34.9. The summed E-state index contributed by atoms with van der Waals surface area (Å²) in [6.45, 7) is -0.428. The topological polar surface area (TPSA) is 207 Å². The van der Waals surface area contributed by atoms with E-state index in [2.05, 4.69) is 5.32 Å². The molecule has 2 aliphatic heterocycles. The van der Waals surface area contributed by atoms with Gasteiger partial charge in [0.15, 0.2) is 12.6 Å². The first kappa shape index (κ1) is 46.4. The molecule has 1 amide bonds. The van der Waals surface area contributed by atoms with Crippen molar-refractivity contribution in [3.8, 4) is 0 Å². The molecule has 2 aliphatic rings. The number of aliphatic hydroxyl groups is 3. The molecule has 2 saturated heterocycles. The van der Waals surface area contributed by atoms with Crippen molar-refractivity contribution in [3.63, 3.8) is 0 Å². The fourth-order valence-electron chi connectivity index (χ4n) is 7.38. The van der Waals surface area contributed by atoms with E-state index in [4.69, 9.17) is 37.9 Å². The van der Waals surface area contributed by atoms with Crippen molar-refractivity contribution in [2.24, 2.45) is 0 Å². The summed E-state index contributed by atoms with van der Waals surface area (Å²) in [5.41, 5.74) is 3.83. The van der Waals surface area contributed by atoms with Crippen molar-refractivity contribution in [1.29, 1.82) is 0 Å². The normalized spacial score (nSPS) is 25.6. The van der Waals surface area contributed by atoms with Crippen molar-refractivity contribution in [1.82, 2.24) is 5.32 Å². The largest absolute Gasteiger partial charge is 0.445 e. The summed E-state index contributed by atoms with van der Waals surface area (Å²) in [5, 5.41) is 46.5. The molecule has 0 aliphatic carbocycles. The van der Waals surface area contributed by atoms with Gasteiger partial charge >= 0.3 is 6.09 Å². The number of ether oxygens (including phenoxy) is 8. The standard InChI is InChI=1S/C48H52N2O14/c51-25-38-41(52)42(53)40(49-48(54)61-30-36-21-23-37(24-22-36)50(55)56)46(62-38)64-43-39(31-57-26-32-13-5-1-6-14-32)63-47(60-29-35-19-11-4-12-20-35)45(59-28-34-17-9-3-10-18-34)44(43)58-27-33-15-7-2-8-16-33/h1-24,38-47,51-53H,25-31H2,(H,49,54)/t38-,39-,40-,41-,42-,43-,44+,45-,46+,47-/m1/s1. The smallest absolute Gasteiger partial charge is 0.407 e. The second-order valence-corrected chi connectivity index (χ2v) is 15.3. The minimum absolute atomic E-state index is 0.0575. The molecule has 2 heterocycles. The van der Waals surface area contributed by atoms with Crippen LogP contribution in [0.3, 0.4) is 0 Å². The molecule has 10 atom stereocenters. The molecule has 5 aromatic carbocycles. The number of nitrogens with zero attached hydrogens (tertiary/aromatic N) is 1. The Morgan fingerprint density at radius 3 is 1.59 bits per heavy atom. The van der Waals surface area contributed by atoms with E-state index in [9.17, 15) is 30.2 Å². The Hall–Kier alpha value is -5.63. The zero-order chi connectivity index (χ0) is 44.7. The van der Waals surface area contributed by atoms with Crippen LogP contribution in [0.4, 0.5) is 10.5 Å². The number of hydrogen-bond acceptors (Lipinski definition) is 14. The van der Waals surface area contributed by atoms with Gasteiger partial charge in [-0.2, -0.15) is 0 Å². The van der Waals surface area contributed by atoms with Crippen LogP contribution in [0.25, 0.3) is 0 Å². The third kappa shape index (κ3) is 12.8. The number of nitro benzene ring substituents is 1. The summed E-state index contributed by atoms with van der Waals surface area (Å²) in [6.07, 6.45) is -12.4. The molecule has 0 spiro atoms. The second-order valence-electron chi connectivity index (χ2n) is 15.3. The second kappa shape index (κ2) is 23.3. The third-order valence-electron chi connectivity index (χ3n) is 10.8. The molecule has 4 N–H and O–H groups in total. The van der Waals surface area contributed by atoms with Crippen LogP contribution >= 0.6 is 0 Å². The van der Waals surface area contributed by atoms with Gasteiger partial charge in [-0.15, -0.1) is 0 Å². The van der Waals surface area contributed by atoms with E-state index in [1.807, 2.05) is 121 Å². The van der Waals surface area contributed by atoms with Gasteiger partial charge in [0.2, 0.25) is 0 Å². The number of alkyl carbamates (subject to hydrolysis) is 1. The Morgan fingerprint density at radius 2 is 1.06 bits per heavy atom. The van der Waals surface area contributed by atoms with Crippen molar-refractivity contribution in [2.75, 3.05) is 13.2 Å². The molecule has 0 bridgehead atoms. The van der Waals surface area contributed by atoms with Gasteiger partial charge in [0.1, 0.15) is 55.4 Å². The van der Waals surface area contributed by atoms with E-state index in [0.29, 0.717) is 5.56 Å². The summed E-state index contributed by atoms with van der Waals surface area (Å²) >= 11 is 0. The molecular weight excluding hydrogens is 829 g/mol. The van der Waals surface area contributed by atoms with Crippen LogP contribution in [0.1, 0.15) is 27.8 Å². The van der Waals surface area contributed by atoms with Crippen LogP contribution in [-0.2, 0) is 70.9 Å². The number of carbonyl (C=O) groups excluding carboxylic acids is 1. The number of hydrogen-bond donors (Lipinski definition) is 4. The Bertz CT molecular complexity index is 2160. The minimum Gasteiger partial charge on any atom is -0.445 e. The fraction of sp³-hybridized carbons (Fsp3) is 0.354. The Kier molecular flexibility index (Phi) is 16.9. The highest BCUT2D eigenvalue weighted by Crippen LogP contribution is 2.34. The maximum Gasteiger partial charge on any atom is 0.407 e. The van der Waals surface area contributed by atoms with Crippen LogP contribution in [0.2, 0.25) is 0 Å². The van der Waals surface area contributed by atoms with E-state index in [1.54, 1.807) is 0 Å². The molecule has 64 heavy (non-hydrogen) atoms. The highest BCUT2D eigenvalue weighted by molar-refractivity contribution is 5.67. The monoisotopic (exact) mass is 880 g/mol. The van der Waals surface area contributed by atoms with Crippen molar-refractivity contribution < 1.29 is 62.9 Å². The molecule has 0 unspecified atom stereocenters. The van der Waals surface area contributed by atoms with Crippen LogP contribution in [-0.4, -0.2) is 101 Å². The van der Waals surface area contributed by atoms with E-state index < -0.39 is 79.0 Å². The Morgan fingerprint density at radius 1 is 0.578 bits per heavy atom. The lowest BCUT2D eigenvalue weighted by atomic mass is 9.95. The summed E-state index contributed by atoms with van der Waals surface area (Å²) in [4.78, 5) is 24.0. The maximum atomic E-state index is 13.4. The molecule has 7 rings (SSSR count). The number of non-ortho nitro benzene ring substituents is 1. The lowest BCUT2D eigenvalue weighted by molar-refractivity contribution is -0.384. The molecule has 5 aromatic rings. The number of carbonyl (C=O) groups is 1. The zero-order valence-corrected chi connectivity index (χ0v) is 34.9. The molecule has 338 valence electrons. The van der Waals surface area contributed by atoms with Gasteiger partial charge < -0.3 is 58.5 Å². The molecule has 0 radical (unpaired) electrons. The van der Waals surface area contributed by atoms with E-state index in [0.717, 1.165) is 22.3 Å². The predicted molar refractivity (Wildman–Crippen MR) is 229 cm³/mol. The van der Waals surface area contributed by atoms with Crippen LogP contribution < -0.4 is 5.32 Å². The summed E-state index contributed by atoms with van der Waals surface area (Å²) in [7, 11) is 0. The number of rotatable bonds is 20. The maximum absolute atomic E-state index is 13.4. The number of nitro groups is 1. The van der Waals surface area contributed by atoms with Gasteiger partial charge in [-0.05, 0) is 39.9 Å². The number of amides is 1. The molecular formula is C48H52N2O14. The molecule has 0 aromatic heterocycles. The van der Waals surface area contributed by atoms with Crippen molar-refractivity contribution in [2.45, 2.75) is 94.4 Å². The fourth-order valence-corrected chi connectivity index (χ4v) is 7.38. The van der Waals surface area contributed by atoms with E-state index in [-0.39, 0.29) is 45.3 Å². The average molecular weight is 881 g/mol. The van der Waals surface area contributed by atoms with Gasteiger partial charge in [0.25, 0.3) is 5.69 Å². The number of aliphatic hydroxyl groups excluding tert-OH is 3. The van der Waals surface area contributed by atoms with Crippen molar-refractivity contribution in [3.05, 3.63) is 184 Å². The van der Waals surface area contributed by atoms with Gasteiger partial charge in [0, 0.05) is 12.1 Å². The molecule has 16 nitrogen and oxygen atoms in total. The minimum atomic E-state index is -1.73.